The zero-order valence-electron chi connectivity index (χ0n) is 16.2. The van der Waals surface area contributed by atoms with E-state index in [-0.39, 0.29) is 5.63 Å². The lowest BCUT2D eigenvalue weighted by atomic mass is 10.2. The van der Waals surface area contributed by atoms with Crippen LogP contribution >= 0.6 is 0 Å². The number of hydrogen-bond acceptors (Lipinski definition) is 4. The van der Waals surface area contributed by atoms with Gasteiger partial charge in [0, 0.05) is 11.5 Å². The van der Waals surface area contributed by atoms with E-state index in [9.17, 15) is 9.59 Å². The monoisotopic (exact) mass is 349 g/mol. The molecule has 25 heavy (non-hydrogen) atoms. The van der Waals surface area contributed by atoms with Gasteiger partial charge in [-0.05, 0) is 46.9 Å². The third kappa shape index (κ3) is 8.09. The van der Waals surface area contributed by atoms with E-state index in [1.807, 2.05) is 18.2 Å². The molecule has 2 aromatic rings. The summed E-state index contributed by atoms with van der Waals surface area (Å²) in [5.74, 6) is 0.313. The van der Waals surface area contributed by atoms with E-state index in [0.29, 0.717) is 11.4 Å². The van der Waals surface area contributed by atoms with Crippen LogP contribution in [0.3, 0.4) is 0 Å². The summed E-state index contributed by atoms with van der Waals surface area (Å²) in [6, 6.07) is 10.6. The number of quaternary nitrogens is 1. The van der Waals surface area contributed by atoms with E-state index in [0.717, 1.165) is 42.5 Å². The maximum Gasteiger partial charge on any atom is 0.336 e. The molecule has 1 aromatic heterocycles. The van der Waals surface area contributed by atoms with Crippen LogP contribution in [0.1, 0.15) is 34.1 Å². The summed E-state index contributed by atoms with van der Waals surface area (Å²) in [6.45, 7) is 12.7. The molecular weight excluding hydrogens is 316 g/mol. The largest absolute Gasteiger partial charge is 0.423 e. The molecule has 0 aliphatic rings. The quantitative estimate of drug-likeness (QED) is 0.642. The molecule has 0 saturated heterocycles. The van der Waals surface area contributed by atoms with Crippen LogP contribution < -0.4 is 11.4 Å². The number of para-hydroxylation sites is 1. The summed E-state index contributed by atoms with van der Waals surface area (Å²) in [5.41, 5.74) is 4.84. The molecule has 0 bridgehead atoms. The van der Waals surface area contributed by atoms with Gasteiger partial charge in [0.25, 0.3) is 0 Å². The second-order valence-electron chi connectivity index (χ2n) is 5.76. The van der Waals surface area contributed by atoms with Crippen molar-refractivity contribution in [2.24, 2.45) is 5.73 Å². The number of fused-ring (bicyclic) bond motifs is 1. The number of carbonyl (C=O) groups excluding carboxylic acids is 1. The zero-order chi connectivity index (χ0) is 19.3. The summed E-state index contributed by atoms with van der Waals surface area (Å²) < 4.78 is 5.99. The summed E-state index contributed by atoms with van der Waals surface area (Å²) in [5, 5.41) is 0.951. The molecule has 0 radical (unpaired) electrons. The summed E-state index contributed by atoms with van der Waals surface area (Å²) in [6.07, 6.45) is 0.732. The van der Waals surface area contributed by atoms with Gasteiger partial charge in [0.05, 0.1) is 32.6 Å². The fourth-order valence-corrected chi connectivity index (χ4v) is 2.55. The first kappa shape index (κ1) is 23.0. The molecule has 0 atom stereocenters. The third-order valence-electron chi connectivity index (χ3n) is 4.48. The highest BCUT2D eigenvalue weighted by atomic mass is 16.4. The van der Waals surface area contributed by atoms with Gasteiger partial charge in [-0.3, -0.25) is 4.79 Å². The predicted molar refractivity (Wildman–Crippen MR) is 105 cm³/mol. The summed E-state index contributed by atoms with van der Waals surface area (Å²) in [7, 11) is 1.50. The lowest BCUT2D eigenvalue weighted by Crippen LogP contribution is -2.48. The standard InChI is InChI=1S/C10H22NO.C9H6O2.CH5N/c1-5-11(6-2,7-3)9-8-10(4)12;10-9-6-5-7-3-1-2-4-8(7)11-9;1-2/h5-9H2,1-4H3;1-6H;2H2,1H3/q+1;;. The Kier molecular flexibility index (Phi) is 11.4. The highest BCUT2D eigenvalue weighted by Gasteiger charge is 2.20. The molecule has 2 rings (SSSR count). The number of rotatable bonds is 6. The smallest absolute Gasteiger partial charge is 0.336 e. The molecule has 5 nitrogen and oxygen atoms in total. The topological polar surface area (TPSA) is 73.3 Å². The Bertz CT molecular complexity index is 667. The van der Waals surface area contributed by atoms with Gasteiger partial charge >= 0.3 is 5.63 Å². The fourth-order valence-electron chi connectivity index (χ4n) is 2.55. The molecular formula is C20H33N2O3+. The molecule has 0 saturated carbocycles. The second-order valence-corrected chi connectivity index (χ2v) is 5.76. The van der Waals surface area contributed by atoms with E-state index in [1.165, 1.54) is 13.1 Å². The molecule has 1 heterocycles. The molecule has 140 valence electrons. The zero-order valence-corrected chi connectivity index (χ0v) is 16.2. The number of carbonyl (C=O) groups is 1. The number of hydrogen-bond donors (Lipinski definition) is 1. The Morgan fingerprint density at radius 1 is 1.00 bits per heavy atom. The highest BCUT2D eigenvalue weighted by Crippen LogP contribution is 2.09. The normalized spacial score (nSPS) is 10.3. The number of Topliss-reactive ketones (excluding diaryl/α,β-unsaturated/α-hetero) is 1. The molecule has 0 aliphatic carbocycles. The van der Waals surface area contributed by atoms with Crippen LogP contribution in [0.25, 0.3) is 11.0 Å². The van der Waals surface area contributed by atoms with E-state index < -0.39 is 0 Å². The van der Waals surface area contributed by atoms with Gasteiger partial charge in [0.15, 0.2) is 0 Å². The van der Waals surface area contributed by atoms with Crippen LogP contribution in [-0.4, -0.2) is 43.5 Å². The minimum absolute atomic E-state index is 0.302. The van der Waals surface area contributed by atoms with Crippen LogP contribution in [0.4, 0.5) is 0 Å². The van der Waals surface area contributed by atoms with Crippen LogP contribution in [0.5, 0.6) is 0 Å². The molecule has 0 aliphatic heterocycles. The van der Waals surface area contributed by atoms with Gasteiger partial charge in [-0.25, -0.2) is 4.79 Å². The van der Waals surface area contributed by atoms with Crippen molar-refractivity contribution in [2.75, 3.05) is 33.2 Å². The van der Waals surface area contributed by atoms with Crippen LogP contribution in [0.15, 0.2) is 45.6 Å². The molecule has 1 aromatic carbocycles. The molecule has 0 fully saturated rings. The van der Waals surface area contributed by atoms with Crippen molar-refractivity contribution >= 4 is 16.8 Å². The van der Waals surface area contributed by atoms with Crippen molar-refractivity contribution in [1.29, 1.82) is 0 Å². The van der Waals surface area contributed by atoms with Gasteiger partial charge in [0.2, 0.25) is 0 Å². The van der Waals surface area contributed by atoms with E-state index in [2.05, 4.69) is 26.5 Å². The van der Waals surface area contributed by atoms with Crippen molar-refractivity contribution in [1.82, 2.24) is 0 Å². The first-order valence-electron chi connectivity index (χ1n) is 8.87. The molecule has 0 amide bonds. The summed E-state index contributed by atoms with van der Waals surface area (Å²) >= 11 is 0. The number of nitrogens with zero attached hydrogens (tertiary/aromatic N) is 1. The number of ketones is 1. The Balaban J connectivity index is 0.000000419. The van der Waals surface area contributed by atoms with E-state index >= 15 is 0 Å². The Hall–Kier alpha value is -1.98. The average Bonchev–Trinajstić information content (AvgIpc) is 2.65. The van der Waals surface area contributed by atoms with Crippen molar-refractivity contribution in [2.45, 2.75) is 34.1 Å². The van der Waals surface area contributed by atoms with Crippen LogP contribution in [-0.2, 0) is 4.79 Å². The van der Waals surface area contributed by atoms with Gasteiger partial charge < -0.3 is 14.6 Å². The van der Waals surface area contributed by atoms with Gasteiger partial charge in [-0.2, -0.15) is 0 Å². The number of benzene rings is 1. The van der Waals surface area contributed by atoms with Gasteiger partial charge in [-0.1, -0.05) is 18.2 Å². The van der Waals surface area contributed by atoms with Crippen LogP contribution in [0, 0.1) is 0 Å². The number of nitrogens with two attached hydrogens (primary N) is 1. The van der Waals surface area contributed by atoms with Crippen molar-refractivity contribution in [3.05, 3.63) is 46.8 Å². The lowest BCUT2D eigenvalue weighted by molar-refractivity contribution is -0.922. The Labute approximate surface area is 151 Å². The molecule has 0 unspecified atom stereocenters. The van der Waals surface area contributed by atoms with Crippen LogP contribution in [0.2, 0.25) is 0 Å². The van der Waals surface area contributed by atoms with Gasteiger partial charge in [-0.15, -0.1) is 0 Å². The van der Waals surface area contributed by atoms with Crippen molar-refractivity contribution in [3.63, 3.8) is 0 Å². The lowest BCUT2D eigenvalue weighted by Gasteiger charge is -2.35. The maximum absolute atomic E-state index is 10.8. The van der Waals surface area contributed by atoms with E-state index in [1.54, 1.807) is 19.1 Å². The predicted octanol–water partition coefficient (Wildman–Crippen LogP) is 3.21. The minimum Gasteiger partial charge on any atom is -0.423 e. The Morgan fingerprint density at radius 3 is 2.08 bits per heavy atom. The first-order valence-corrected chi connectivity index (χ1v) is 8.87. The molecule has 2 N–H and O–H groups in total. The minimum atomic E-state index is -0.302. The Morgan fingerprint density at radius 2 is 1.56 bits per heavy atom. The SMILES string of the molecule is CC[N+](CC)(CC)CCC(C)=O.CN.O=c1ccc2ccccc2o1. The molecule has 0 spiro atoms. The van der Waals surface area contributed by atoms with Gasteiger partial charge in [0.1, 0.15) is 11.4 Å². The first-order chi connectivity index (χ1) is 12.0. The second kappa shape index (κ2) is 12.4. The molecule has 5 heteroatoms. The highest BCUT2D eigenvalue weighted by molar-refractivity contribution is 5.76. The third-order valence-corrected chi connectivity index (χ3v) is 4.48. The fraction of sp³-hybridized carbons (Fsp3) is 0.500. The maximum atomic E-state index is 10.8. The van der Waals surface area contributed by atoms with Crippen molar-refractivity contribution in [3.8, 4) is 0 Å². The summed E-state index contributed by atoms with van der Waals surface area (Å²) in [4.78, 5) is 21.5. The van der Waals surface area contributed by atoms with E-state index in [4.69, 9.17) is 4.42 Å². The van der Waals surface area contributed by atoms with Crippen molar-refractivity contribution < 1.29 is 13.7 Å². The average molecular weight is 349 g/mol.